The van der Waals surface area contributed by atoms with E-state index in [0.717, 1.165) is 57.1 Å². The molecule has 0 radical (unpaired) electrons. The van der Waals surface area contributed by atoms with Crippen molar-refractivity contribution in [1.82, 2.24) is 10.6 Å². The molecule has 6 nitrogen and oxygen atoms in total. The van der Waals surface area contributed by atoms with Crippen LogP contribution in [-0.2, 0) is 19.1 Å². The average Bonchev–Trinajstić information content (AvgIpc) is 2.82. The van der Waals surface area contributed by atoms with E-state index in [-0.39, 0.29) is 5.91 Å². The molecule has 0 heterocycles. The van der Waals surface area contributed by atoms with Crippen LogP contribution in [0.25, 0.3) is 0 Å². The normalized spacial score (nSPS) is 12.2. The van der Waals surface area contributed by atoms with Crippen LogP contribution in [0.3, 0.4) is 0 Å². The van der Waals surface area contributed by atoms with E-state index in [1.54, 1.807) is 0 Å². The van der Waals surface area contributed by atoms with Crippen LogP contribution in [0.2, 0.25) is 0 Å². The van der Waals surface area contributed by atoms with Gasteiger partial charge in [-0.25, -0.2) is 4.79 Å². The number of hydrogen-bond donors (Lipinski definition) is 2. The average molecular weight is 457 g/mol. The topological polar surface area (TPSA) is 84.5 Å². The molecule has 0 aromatic rings. The minimum atomic E-state index is -0.592. The Hall–Kier alpha value is -3.15. The molecule has 0 aromatic heterocycles. The molecule has 6 heteroatoms. The highest BCUT2D eigenvalue weighted by atomic mass is 16.5. The maximum Gasteiger partial charge on any atom is 0.330 e. The lowest BCUT2D eigenvalue weighted by atomic mass is 10.2. The summed E-state index contributed by atoms with van der Waals surface area (Å²) < 4.78 is 4.39. The van der Waals surface area contributed by atoms with Crippen molar-refractivity contribution in [2.45, 2.75) is 58.3 Å². The highest BCUT2D eigenvalue weighted by Gasteiger charge is 2.01. The van der Waals surface area contributed by atoms with Crippen LogP contribution in [-0.4, -0.2) is 38.0 Å². The SMILES string of the molecule is CCC=CCC=CCC=CCC=CCC=CCCCC(=O)NCCNC(=O)C=CC(=O)OC. The first-order chi connectivity index (χ1) is 16.1. The van der Waals surface area contributed by atoms with E-state index in [9.17, 15) is 14.4 Å². The fraction of sp³-hybridized carbons (Fsp3) is 0.444. The van der Waals surface area contributed by atoms with Crippen LogP contribution < -0.4 is 10.6 Å². The summed E-state index contributed by atoms with van der Waals surface area (Å²) in [5, 5.41) is 5.32. The second kappa shape index (κ2) is 23.5. The van der Waals surface area contributed by atoms with E-state index in [1.165, 1.54) is 7.11 Å². The zero-order valence-corrected chi connectivity index (χ0v) is 20.1. The Morgan fingerprint density at radius 1 is 0.697 bits per heavy atom. The van der Waals surface area contributed by atoms with Gasteiger partial charge in [0.25, 0.3) is 0 Å². The largest absolute Gasteiger partial charge is 0.466 e. The fourth-order valence-electron chi connectivity index (χ4n) is 2.50. The van der Waals surface area contributed by atoms with Gasteiger partial charge in [0.1, 0.15) is 0 Å². The van der Waals surface area contributed by atoms with Gasteiger partial charge in [-0.05, 0) is 44.9 Å². The smallest absolute Gasteiger partial charge is 0.330 e. The Morgan fingerprint density at radius 2 is 1.21 bits per heavy atom. The first kappa shape index (κ1) is 29.9. The zero-order chi connectivity index (χ0) is 24.4. The highest BCUT2D eigenvalue weighted by Crippen LogP contribution is 1.99. The van der Waals surface area contributed by atoms with Gasteiger partial charge in [-0.15, -0.1) is 0 Å². The van der Waals surface area contributed by atoms with Crippen molar-refractivity contribution in [3.63, 3.8) is 0 Å². The summed E-state index contributed by atoms with van der Waals surface area (Å²) in [5.74, 6) is -1.04. The standard InChI is InChI=1S/C27H40N2O4/c1-3-4-5-6-7-8-9-10-11-12-13-14-15-16-17-18-19-20-25(30)28-23-24-29-26(31)21-22-27(32)33-2/h4-5,7-8,10-11,13-14,16-17,21-22H,3,6,9,12,15,18-20,23-24H2,1-2H3,(H,28,30)(H,29,31). The fourth-order valence-corrected chi connectivity index (χ4v) is 2.50. The third kappa shape index (κ3) is 23.3. The summed E-state index contributed by atoms with van der Waals surface area (Å²) >= 11 is 0. The van der Waals surface area contributed by atoms with Crippen molar-refractivity contribution in [3.8, 4) is 0 Å². The summed E-state index contributed by atoms with van der Waals surface area (Å²) in [6.45, 7) is 2.78. The van der Waals surface area contributed by atoms with E-state index in [1.807, 2.05) is 0 Å². The molecule has 0 unspecified atom stereocenters. The van der Waals surface area contributed by atoms with Gasteiger partial charge in [0.05, 0.1) is 7.11 Å². The van der Waals surface area contributed by atoms with Crippen LogP contribution >= 0.6 is 0 Å². The van der Waals surface area contributed by atoms with Gasteiger partial charge >= 0.3 is 5.97 Å². The number of esters is 1. The van der Waals surface area contributed by atoms with Crippen molar-refractivity contribution in [3.05, 3.63) is 72.9 Å². The molecule has 182 valence electrons. The summed E-state index contributed by atoms with van der Waals surface area (Å²) in [7, 11) is 1.24. The Labute approximate surface area is 199 Å². The van der Waals surface area contributed by atoms with Gasteiger partial charge in [-0.1, -0.05) is 67.7 Å². The first-order valence-electron chi connectivity index (χ1n) is 11.7. The Bertz CT molecular complexity index is 716. The first-order valence-corrected chi connectivity index (χ1v) is 11.7. The monoisotopic (exact) mass is 456 g/mol. The molecule has 0 rings (SSSR count). The van der Waals surface area contributed by atoms with Crippen molar-refractivity contribution in [2.24, 2.45) is 0 Å². The molecule has 2 N–H and O–H groups in total. The van der Waals surface area contributed by atoms with Crippen LogP contribution in [0.15, 0.2) is 72.9 Å². The van der Waals surface area contributed by atoms with Crippen molar-refractivity contribution >= 4 is 17.8 Å². The maximum absolute atomic E-state index is 11.8. The van der Waals surface area contributed by atoms with Gasteiger partial charge in [0, 0.05) is 31.7 Å². The van der Waals surface area contributed by atoms with Gasteiger partial charge < -0.3 is 15.4 Å². The molecule has 0 aromatic carbocycles. The number of carbonyl (C=O) groups excluding carboxylic acids is 3. The molecule has 0 saturated heterocycles. The quantitative estimate of drug-likeness (QED) is 0.133. The lowest BCUT2D eigenvalue weighted by Crippen LogP contribution is -2.33. The number of rotatable bonds is 18. The number of methoxy groups -OCH3 is 1. The molecular weight excluding hydrogens is 416 g/mol. The summed E-state index contributed by atoms with van der Waals surface area (Å²) in [4.78, 5) is 34.0. The molecule has 0 bridgehead atoms. The van der Waals surface area contributed by atoms with E-state index < -0.39 is 11.9 Å². The van der Waals surface area contributed by atoms with Crippen LogP contribution in [0, 0.1) is 0 Å². The molecule has 0 saturated carbocycles. The number of hydrogen-bond acceptors (Lipinski definition) is 4. The van der Waals surface area contributed by atoms with Gasteiger partial charge in [-0.2, -0.15) is 0 Å². The van der Waals surface area contributed by atoms with Gasteiger partial charge in [0.15, 0.2) is 0 Å². The molecular formula is C27H40N2O4. The van der Waals surface area contributed by atoms with Crippen molar-refractivity contribution in [2.75, 3.05) is 20.2 Å². The van der Waals surface area contributed by atoms with Crippen LogP contribution in [0.5, 0.6) is 0 Å². The number of carbonyl (C=O) groups is 3. The number of allylic oxidation sites excluding steroid dienone is 10. The molecule has 2 amide bonds. The molecule has 0 aliphatic heterocycles. The molecule has 0 atom stereocenters. The molecule has 0 spiro atoms. The second-order valence-electron chi connectivity index (χ2n) is 7.10. The van der Waals surface area contributed by atoms with Crippen molar-refractivity contribution < 1.29 is 19.1 Å². The molecule has 0 aliphatic rings. The van der Waals surface area contributed by atoms with Crippen LogP contribution in [0.4, 0.5) is 0 Å². The summed E-state index contributed by atoms with van der Waals surface area (Å²) in [6.07, 6.45) is 30.8. The highest BCUT2D eigenvalue weighted by molar-refractivity contribution is 5.94. The van der Waals surface area contributed by atoms with Gasteiger partial charge in [0.2, 0.25) is 11.8 Å². The zero-order valence-electron chi connectivity index (χ0n) is 20.1. The van der Waals surface area contributed by atoms with Gasteiger partial charge in [-0.3, -0.25) is 9.59 Å². The van der Waals surface area contributed by atoms with E-state index in [4.69, 9.17) is 0 Å². The minimum Gasteiger partial charge on any atom is -0.466 e. The predicted molar refractivity (Wildman–Crippen MR) is 135 cm³/mol. The maximum atomic E-state index is 11.8. The number of ether oxygens (including phenoxy) is 1. The third-order valence-electron chi connectivity index (χ3n) is 4.25. The molecule has 33 heavy (non-hydrogen) atoms. The lowest BCUT2D eigenvalue weighted by Gasteiger charge is -2.05. The third-order valence-corrected chi connectivity index (χ3v) is 4.25. The lowest BCUT2D eigenvalue weighted by molar-refractivity contribution is -0.135. The number of nitrogens with one attached hydrogen (secondary N) is 2. The molecule has 0 aliphatic carbocycles. The van der Waals surface area contributed by atoms with E-state index in [2.05, 4.69) is 83.1 Å². The summed E-state index contributed by atoms with van der Waals surface area (Å²) in [6, 6.07) is 0. The van der Waals surface area contributed by atoms with E-state index in [0.29, 0.717) is 19.5 Å². The Kier molecular flexibility index (Phi) is 21.3. The Morgan fingerprint density at radius 3 is 1.76 bits per heavy atom. The summed E-state index contributed by atoms with van der Waals surface area (Å²) in [5.41, 5.74) is 0. The minimum absolute atomic E-state index is 0.0401. The van der Waals surface area contributed by atoms with Crippen molar-refractivity contribution in [1.29, 1.82) is 0 Å². The molecule has 0 fully saturated rings. The predicted octanol–water partition coefficient (Wildman–Crippen LogP) is 4.87. The number of amides is 2. The number of unbranched alkanes of at least 4 members (excludes halogenated alkanes) is 1. The second-order valence-corrected chi connectivity index (χ2v) is 7.10. The van der Waals surface area contributed by atoms with Crippen LogP contribution in [0.1, 0.15) is 58.3 Å². The Balaban J connectivity index is 3.62. The van der Waals surface area contributed by atoms with E-state index >= 15 is 0 Å².